The molecule has 0 radical (unpaired) electrons. The maximum atomic E-state index is 10.4. The van der Waals surface area contributed by atoms with Crippen LogP contribution >= 0.6 is 11.8 Å². The fourth-order valence-electron chi connectivity index (χ4n) is 1.04. The van der Waals surface area contributed by atoms with Gasteiger partial charge >= 0.3 is 5.97 Å². The van der Waals surface area contributed by atoms with Gasteiger partial charge in [0.2, 0.25) is 0 Å². The molecule has 3 heteroatoms. The lowest BCUT2D eigenvalue weighted by Crippen LogP contribution is -1.99. The van der Waals surface area contributed by atoms with E-state index >= 15 is 0 Å². The van der Waals surface area contributed by atoms with E-state index in [0.717, 1.165) is 11.3 Å². The fourth-order valence-corrected chi connectivity index (χ4v) is 1.71. The third kappa shape index (κ3) is 3.51. The van der Waals surface area contributed by atoms with Crippen molar-refractivity contribution in [3.8, 4) is 0 Å². The van der Waals surface area contributed by atoms with Gasteiger partial charge in [-0.05, 0) is 23.4 Å². The largest absolute Gasteiger partial charge is 0.481 e. The zero-order chi connectivity index (χ0) is 9.68. The Labute approximate surface area is 82.0 Å². The van der Waals surface area contributed by atoms with E-state index in [1.165, 1.54) is 4.90 Å². The van der Waals surface area contributed by atoms with Gasteiger partial charge in [0.15, 0.2) is 0 Å². The average Bonchev–Trinajstić information content (AvgIpc) is 2.08. The van der Waals surface area contributed by atoms with Gasteiger partial charge in [-0.15, -0.1) is 11.8 Å². The smallest absolute Gasteiger partial charge is 0.307 e. The lowest BCUT2D eigenvalue weighted by Gasteiger charge is -1.99. The summed E-state index contributed by atoms with van der Waals surface area (Å²) in [4.78, 5) is 11.6. The Morgan fingerprint density at radius 3 is 2.46 bits per heavy atom. The molecule has 0 aromatic heterocycles. The summed E-state index contributed by atoms with van der Waals surface area (Å²) in [7, 11) is 0. The molecule has 0 amide bonds. The van der Waals surface area contributed by atoms with Crippen LogP contribution in [-0.2, 0) is 11.2 Å². The first kappa shape index (κ1) is 10.1. The highest BCUT2D eigenvalue weighted by Gasteiger charge is 1.99. The number of hydrogen-bond donors (Lipinski definition) is 1. The third-order valence-electron chi connectivity index (χ3n) is 1.59. The molecule has 0 aliphatic heterocycles. The Morgan fingerprint density at radius 1 is 1.38 bits per heavy atom. The van der Waals surface area contributed by atoms with Gasteiger partial charge in [0.1, 0.15) is 0 Å². The van der Waals surface area contributed by atoms with Crippen LogP contribution < -0.4 is 0 Å². The number of hydrogen-bond acceptors (Lipinski definition) is 2. The second-order valence-corrected chi connectivity index (χ2v) is 3.98. The molecule has 0 saturated carbocycles. The Kier molecular flexibility index (Phi) is 3.83. The van der Waals surface area contributed by atoms with Gasteiger partial charge < -0.3 is 5.11 Å². The molecule has 0 fully saturated rings. The quantitative estimate of drug-likeness (QED) is 0.751. The van der Waals surface area contributed by atoms with Crippen LogP contribution in [-0.4, -0.2) is 16.8 Å². The van der Waals surface area contributed by atoms with Crippen molar-refractivity contribution in [1.29, 1.82) is 0 Å². The van der Waals surface area contributed by atoms with Crippen LogP contribution in [0, 0.1) is 0 Å². The molecular weight excluding hydrogens is 184 g/mol. The minimum Gasteiger partial charge on any atom is -0.481 e. The maximum Gasteiger partial charge on any atom is 0.307 e. The summed E-state index contributed by atoms with van der Waals surface area (Å²) >= 11 is 1.76. The van der Waals surface area contributed by atoms with Gasteiger partial charge in [-0.25, -0.2) is 0 Å². The van der Waals surface area contributed by atoms with Gasteiger partial charge in [-0.3, -0.25) is 4.79 Å². The van der Waals surface area contributed by atoms with Gasteiger partial charge in [0.05, 0.1) is 6.42 Å². The molecule has 1 aromatic rings. The molecule has 0 unspecified atom stereocenters. The number of thioether (sulfide) groups is 1. The van der Waals surface area contributed by atoms with Gasteiger partial charge in [-0.1, -0.05) is 19.1 Å². The molecule has 1 aromatic carbocycles. The average molecular weight is 196 g/mol. The first-order chi connectivity index (χ1) is 6.22. The van der Waals surface area contributed by atoms with Crippen LogP contribution in [0.4, 0.5) is 0 Å². The summed E-state index contributed by atoms with van der Waals surface area (Å²) in [5.41, 5.74) is 0.855. The van der Waals surface area contributed by atoms with Crippen molar-refractivity contribution in [3.05, 3.63) is 29.8 Å². The molecule has 0 aliphatic carbocycles. The SMILES string of the molecule is CCSc1ccc(CC(=O)O)cc1. The summed E-state index contributed by atoms with van der Waals surface area (Å²) in [6.07, 6.45) is 0.108. The predicted octanol–water partition coefficient (Wildman–Crippen LogP) is 2.43. The third-order valence-corrected chi connectivity index (χ3v) is 2.48. The monoisotopic (exact) mass is 196 g/mol. The summed E-state index contributed by atoms with van der Waals surface area (Å²) in [5.74, 6) is 0.258. The maximum absolute atomic E-state index is 10.4. The highest BCUT2D eigenvalue weighted by molar-refractivity contribution is 7.99. The van der Waals surface area contributed by atoms with E-state index in [4.69, 9.17) is 5.11 Å². The van der Waals surface area contributed by atoms with E-state index in [9.17, 15) is 4.79 Å². The van der Waals surface area contributed by atoms with Crippen molar-refractivity contribution in [2.24, 2.45) is 0 Å². The van der Waals surface area contributed by atoms with Crippen molar-refractivity contribution in [3.63, 3.8) is 0 Å². The van der Waals surface area contributed by atoms with E-state index in [1.807, 2.05) is 24.3 Å². The topological polar surface area (TPSA) is 37.3 Å². The van der Waals surface area contributed by atoms with Crippen molar-refractivity contribution >= 4 is 17.7 Å². The molecule has 0 saturated heterocycles. The summed E-state index contributed by atoms with van der Waals surface area (Å²) in [5, 5.41) is 8.53. The number of carboxylic acids is 1. The lowest BCUT2D eigenvalue weighted by atomic mass is 10.2. The zero-order valence-corrected chi connectivity index (χ0v) is 8.30. The zero-order valence-electron chi connectivity index (χ0n) is 7.49. The van der Waals surface area contributed by atoms with Crippen LogP contribution in [0.1, 0.15) is 12.5 Å². The second-order valence-electron chi connectivity index (χ2n) is 2.65. The van der Waals surface area contributed by atoms with Crippen LogP contribution in [0.2, 0.25) is 0 Å². The van der Waals surface area contributed by atoms with Crippen molar-refractivity contribution in [2.75, 3.05) is 5.75 Å². The highest BCUT2D eigenvalue weighted by atomic mass is 32.2. The van der Waals surface area contributed by atoms with Gasteiger partial charge in [-0.2, -0.15) is 0 Å². The molecule has 70 valence electrons. The summed E-state index contributed by atoms with van der Waals surface area (Å²) in [6.45, 7) is 2.09. The molecule has 0 bridgehead atoms. The van der Waals surface area contributed by atoms with E-state index in [1.54, 1.807) is 11.8 Å². The molecular formula is C10H12O2S. The lowest BCUT2D eigenvalue weighted by molar-refractivity contribution is -0.136. The number of carboxylic acid groups (broad SMARTS) is 1. The Balaban J connectivity index is 2.64. The molecule has 13 heavy (non-hydrogen) atoms. The fraction of sp³-hybridized carbons (Fsp3) is 0.300. The molecule has 2 nitrogen and oxygen atoms in total. The number of rotatable bonds is 4. The van der Waals surface area contributed by atoms with Crippen LogP contribution in [0.15, 0.2) is 29.2 Å². The Hall–Kier alpha value is -0.960. The highest BCUT2D eigenvalue weighted by Crippen LogP contribution is 2.17. The van der Waals surface area contributed by atoms with Crippen LogP contribution in [0.5, 0.6) is 0 Å². The Bertz CT molecular complexity index is 279. The van der Waals surface area contributed by atoms with Crippen molar-refractivity contribution < 1.29 is 9.90 Å². The summed E-state index contributed by atoms with van der Waals surface area (Å²) in [6, 6.07) is 7.66. The summed E-state index contributed by atoms with van der Waals surface area (Å²) < 4.78 is 0. The normalized spacial score (nSPS) is 9.92. The van der Waals surface area contributed by atoms with Gasteiger partial charge in [0, 0.05) is 4.90 Å². The molecule has 0 aliphatic rings. The van der Waals surface area contributed by atoms with Crippen LogP contribution in [0.25, 0.3) is 0 Å². The molecule has 0 heterocycles. The molecule has 0 atom stereocenters. The predicted molar refractivity (Wildman–Crippen MR) is 54.2 cm³/mol. The Morgan fingerprint density at radius 2 is 2.00 bits per heavy atom. The first-order valence-corrected chi connectivity index (χ1v) is 5.14. The minimum absolute atomic E-state index is 0.108. The molecule has 1 N–H and O–H groups in total. The van der Waals surface area contributed by atoms with E-state index in [0.29, 0.717) is 0 Å². The number of aliphatic carboxylic acids is 1. The molecule has 0 spiro atoms. The van der Waals surface area contributed by atoms with Crippen LogP contribution in [0.3, 0.4) is 0 Å². The van der Waals surface area contributed by atoms with E-state index in [2.05, 4.69) is 6.92 Å². The standard InChI is InChI=1S/C10H12O2S/c1-2-13-9-5-3-8(4-6-9)7-10(11)12/h3-6H,2,7H2,1H3,(H,11,12). The van der Waals surface area contributed by atoms with Crippen molar-refractivity contribution in [2.45, 2.75) is 18.2 Å². The number of benzene rings is 1. The molecule has 1 rings (SSSR count). The van der Waals surface area contributed by atoms with E-state index < -0.39 is 5.97 Å². The van der Waals surface area contributed by atoms with E-state index in [-0.39, 0.29) is 6.42 Å². The second kappa shape index (κ2) is 4.92. The number of carbonyl (C=O) groups is 1. The first-order valence-electron chi connectivity index (χ1n) is 4.16. The van der Waals surface area contributed by atoms with Gasteiger partial charge in [0.25, 0.3) is 0 Å². The van der Waals surface area contributed by atoms with Crippen molar-refractivity contribution in [1.82, 2.24) is 0 Å². The minimum atomic E-state index is -0.782.